The molecule has 2 unspecified atom stereocenters. The molecular formula is C12H18N2O2. The number of ether oxygens (including phenoxy) is 2. The summed E-state index contributed by atoms with van der Waals surface area (Å²) in [6.45, 7) is 0. The standard InChI is InChI=1S/C12H18N2O2/c1-15-10-7-6-9(8-10)13-11-4-3-5-12(14-11)16-2/h3-5,9-10H,6-8H2,1-2H3,(H,13,14). The van der Waals surface area contributed by atoms with E-state index >= 15 is 0 Å². The Balaban J connectivity index is 1.94. The van der Waals surface area contributed by atoms with E-state index in [1.54, 1.807) is 14.2 Å². The van der Waals surface area contributed by atoms with Gasteiger partial charge in [-0.05, 0) is 25.3 Å². The fourth-order valence-electron chi connectivity index (χ4n) is 2.10. The molecule has 2 atom stereocenters. The fourth-order valence-corrected chi connectivity index (χ4v) is 2.10. The van der Waals surface area contributed by atoms with Gasteiger partial charge in [-0.2, -0.15) is 4.98 Å². The summed E-state index contributed by atoms with van der Waals surface area (Å²) in [4.78, 5) is 4.33. The summed E-state index contributed by atoms with van der Waals surface area (Å²) in [6, 6.07) is 6.21. The Morgan fingerprint density at radius 3 is 2.88 bits per heavy atom. The van der Waals surface area contributed by atoms with E-state index in [2.05, 4.69) is 10.3 Å². The molecule has 1 aromatic rings. The van der Waals surface area contributed by atoms with E-state index in [1.807, 2.05) is 18.2 Å². The fraction of sp³-hybridized carbons (Fsp3) is 0.583. The van der Waals surface area contributed by atoms with Crippen LogP contribution >= 0.6 is 0 Å². The molecule has 4 heteroatoms. The molecular weight excluding hydrogens is 204 g/mol. The van der Waals surface area contributed by atoms with Crippen LogP contribution in [0.3, 0.4) is 0 Å². The zero-order valence-corrected chi connectivity index (χ0v) is 9.77. The molecule has 1 heterocycles. The zero-order valence-electron chi connectivity index (χ0n) is 9.77. The summed E-state index contributed by atoms with van der Waals surface area (Å²) in [5.41, 5.74) is 0. The van der Waals surface area contributed by atoms with Crippen LogP contribution in [0.2, 0.25) is 0 Å². The maximum atomic E-state index is 5.34. The second kappa shape index (κ2) is 5.16. The first kappa shape index (κ1) is 11.2. The molecule has 16 heavy (non-hydrogen) atoms. The molecule has 0 saturated heterocycles. The summed E-state index contributed by atoms with van der Waals surface area (Å²) < 4.78 is 10.4. The van der Waals surface area contributed by atoms with Gasteiger partial charge in [0.1, 0.15) is 5.82 Å². The van der Waals surface area contributed by atoms with Crippen LogP contribution in [0.4, 0.5) is 5.82 Å². The number of nitrogens with one attached hydrogen (secondary N) is 1. The van der Waals surface area contributed by atoms with Crippen molar-refractivity contribution in [3.8, 4) is 5.88 Å². The van der Waals surface area contributed by atoms with Crippen LogP contribution in [0.25, 0.3) is 0 Å². The Morgan fingerprint density at radius 2 is 2.19 bits per heavy atom. The second-order valence-electron chi connectivity index (χ2n) is 4.08. The first-order chi connectivity index (χ1) is 7.81. The Labute approximate surface area is 96.0 Å². The zero-order chi connectivity index (χ0) is 11.4. The van der Waals surface area contributed by atoms with E-state index in [4.69, 9.17) is 9.47 Å². The molecule has 0 amide bonds. The molecule has 1 aliphatic carbocycles. The number of rotatable bonds is 4. The number of hydrogen-bond acceptors (Lipinski definition) is 4. The minimum absolute atomic E-state index is 0.392. The third kappa shape index (κ3) is 2.64. The number of methoxy groups -OCH3 is 2. The molecule has 1 N–H and O–H groups in total. The lowest BCUT2D eigenvalue weighted by Crippen LogP contribution is -2.18. The quantitative estimate of drug-likeness (QED) is 0.847. The van der Waals surface area contributed by atoms with Gasteiger partial charge in [-0.1, -0.05) is 6.07 Å². The molecule has 88 valence electrons. The lowest BCUT2D eigenvalue weighted by Gasteiger charge is -2.13. The van der Waals surface area contributed by atoms with Gasteiger partial charge in [0.25, 0.3) is 0 Å². The molecule has 0 aliphatic heterocycles. The Bertz CT molecular complexity index is 344. The van der Waals surface area contributed by atoms with E-state index in [-0.39, 0.29) is 0 Å². The number of aromatic nitrogens is 1. The Hall–Kier alpha value is -1.29. The van der Waals surface area contributed by atoms with Crippen molar-refractivity contribution in [1.29, 1.82) is 0 Å². The molecule has 1 aliphatic rings. The summed E-state index contributed by atoms with van der Waals surface area (Å²) in [5, 5.41) is 3.41. The van der Waals surface area contributed by atoms with Crippen LogP contribution in [-0.4, -0.2) is 31.3 Å². The van der Waals surface area contributed by atoms with Gasteiger partial charge >= 0.3 is 0 Å². The van der Waals surface area contributed by atoms with Crippen molar-refractivity contribution in [2.75, 3.05) is 19.5 Å². The lowest BCUT2D eigenvalue weighted by atomic mass is 10.2. The maximum Gasteiger partial charge on any atom is 0.214 e. The van der Waals surface area contributed by atoms with Gasteiger partial charge in [0.05, 0.1) is 13.2 Å². The van der Waals surface area contributed by atoms with E-state index in [0.717, 1.165) is 25.1 Å². The van der Waals surface area contributed by atoms with E-state index < -0.39 is 0 Å². The Morgan fingerprint density at radius 1 is 1.31 bits per heavy atom. The van der Waals surface area contributed by atoms with Crippen LogP contribution in [-0.2, 0) is 4.74 Å². The SMILES string of the molecule is COc1cccc(NC2CCC(OC)C2)n1. The van der Waals surface area contributed by atoms with Crippen LogP contribution in [0, 0.1) is 0 Å². The lowest BCUT2D eigenvalue weighted by molar-refractivity contribution is 0.108. The van der Waals surface area contributed by atoms with E-state index in [9.17, 15) is 0 Å². The van der Waals surface area contributed by atoms with Crippen molar-refractivity contribution in [1.82, 2.24) is 4.98 Å². The van der Waals surface area contributed by atoms with Gasteiger partial charge in [-0.25, -0.2) is 0 Å². The van der Waals surface area contributed by atoms with Crippen molar-refractivity contribution in [3.63, 3.8) is 0 Å². The van der Waals surface area contributed by atoms with Crippen molar-refractivity contribution >= 4 is 5.82 Å². The first-order valence-electron chi connectivity index (χ1n) is 5.62. The third-order valence-electron chi connectivity index (χ3n) is 3.00. The number of hydrogen-bond donors (Lipinski definition) is 1. The highest BCUT2D eigenvalue weighted by Crippen LogP contribution is 2.24. The van der Waals surface area contributed by atoms with Gasteiger partial charge in [-0.15, -0.1) is 0 Å². The first-order valence-corrected chi connectivity index (χ1v) is 5.62. The third-order valence-corrected chi connectivity index (χ3v) is 3.00. The highest BCUT2D eigenvalue weighted by molar-refractivity contribution is 5.38. The average Bonchev–Trinajstić information content (AvgIpc) is 2.77. The van der Waals surface area contributed by atoms with Crippen molar-refractivity contribution in [3.05, 3.63) is 18.2 Å². The molecule has 1 saturated carbocycles. The topological polar surface area (TPSA) is 43.4 Å². The average molecular weight is 222 g/mol. The maximum absolute atomic E-state index is 5.34. The van der Waals surface area contributed by atoms with E-state index in [1.165, 1.54) is 0 Å². The number of pyridine rings is 1. The van der Waals surface area contributed by atoms with Gasteiger partial charge < -0.3 is 14.8 Å². The molecule has 4 nitrogen and oxygen atoms in total. The predicted molar refractivity (Wildman–Crippen MR) is 62.8 cm³/mol. The molecule has 0 radical (unpaired) electrons. The minimum atomic E-state index is 0.392. The van der Waals surface area contributed by atoms with Crippen LogP contribution in [0.15, 0.2) is 18.2 Å². The summed E-state index contributed by atoms with van der Waals surface area (Å²) in [6.07, 6.45) is 3.70. The van der Waals surface area contributed by atoms with Gasteiger partial charge in [-0.3, -0.25) is 0 Å². The summed E-state index contributed by atoms with van der Waals surface area (Å²) in [7, 11) is 3.40. The van der Waals surface area contributed by atoms with Gasteiger partial charge in [0, 0.05) is 19.2 Å². The molecule has 1 fully saturated rings. The highest BCUT2D eigenvalue weighted by atomic mass is 16.5. The van der Waals surface area contributed by atoms with Crippen molar-refractivity contribution in [2.24, 2.45) is 0 Å². The monoisotopic (exact) mass is 222 g/mol. The van der Waals surface area contributed by atoms with Crippen molar-refractivity contribution in [2.45, 2.75) is 31.4 Å². The second-order valence-corrected chi connectivity index (χ2v) is 4.08. The number of nitrogens with zero attached hydrogens (tertiary/aromatic N) is 1. The molecule has 0 bridgehead atoms. The largest absolute Gasteiger partial charge is 0.481 e. The van der Waals surface area contributed by atoms with Crippen LogP contribution < -0.4 is 10.1 Å². The highest BCUT2D eigenvalue weighted by Gasteiger charge is 2.24. The molecule has 0 aromatic carbocycles. The number of anilines is 1. The minimum Gasteiger partial charge on any atom is -0.481 e. The molecule has 2 rings (SSSR count). The Kier molecular flexibility index (Phi) is 3.62. The van der Waals surface area contributed by atoms with E-state index in [0.29, 0.717) is 18.0 Å². The van der Waals surface area contributed by atoms with Crippen LogP contribution in [0.1, 0.15) is 19.3 Å². The normalized spacial score (nSPS) is 24.4. The molecule has 1 aromatic heterocycles. The predicted octanol–water partition coefficient (Wildman–Crippen LogP) is 2.07. The van der Waals surface area contributed by atoms with Crippen molar-refractivity contribution < 1.29 is 9.47 Å². The van der Waals surface area contributed by atoms with Gasteiger partial charge in [0.15, 0.2) is 0 Å². The summed E-state index contributed by atoms with van der Waals surface area (Å²) >= 11 is 0. The van der Waals surface area contributed by atoms with Gasteiger partial charge in [0.2, 0.25) is 5.88 Å². The summed E-state index contributed by atoms with van der Waals surface area (Å²) in [5.74, 6) is 1.52. The molecule has 0 spiro atoms. The van der Waals surface area contributed by atoms with Crippen LogP contribution in [0.5, 0.6) is 5.88 Å². The smallest absolute Gasteiger partial charge is 0.214 e.